The molecule has 2 aromatic rings. The Balaban J connectivity index is 1.62. The summed E-state index contributed by atoms with van der Waals surface area (Å²) in [7, 11) is 0. The van der Waals surface area contributed by atoms with Gasteiger partial charge in [0.25, 0.3) is 0 Å². The zero-order valence-electron chi connectivity index (χ0n) is 21.7. The number of benzene rings is 2. The molecule has 1 fully saturated rings. The SMILES string of the molecule is CCC1CC(N)=NC2C(CO)N=C(N)N3C(c4ccccc4)C(OC(=O)c4ccc(C(F)(F)F)cc4)C(C)C123. The highest BCUT2D eigenvalue weighted by Crippen LogP contribution is 2.58. The Labute approximate surface area is 224 Å². The van der Waals surface area contributed by atoms with E-state index in [0.29, 0.717) is 12.3 Å². The monoisotopic (exact) mass is 543 g/mol. The van der Waals surface area contributed by atoms with Gasteiger partial charge in [-0.1, -0.05) is 50.6 Å². The van der Waals surface area contributed by atoms with Gasteiger partial charge in [-0.2, -0.15) is 13.2 Å². The van der Waals surface area contributed by atoms with E-state index in [-0.39, 0.29) is 30.0 Å². The summed E-state index contributed by atoms with van der Waals surface area (Å²) in [5.41, 5.74) is 12.1. The Morgan fingerprint density at radius 2 is 1.79 bits per heavy atom. The van der Waals surface area contributed by atoms with Gasteiger partial charge in [0.05, 0.1) is 35.2 Å². The number of esters is 1. The Hall–Kier alpha value is -3.60. The number of nitrogens with two attached hydrogens (primary N) is 2. The van der Waals surface area contributed by atoms with Gasteiger partial charge in [-0.3, -0.25) is 4.99 Å². The lowest BCUT2D eigenvalue weighted by Crippen LogP contribution is -2.71. The number of rotatable bonds is 5. The van der Waals surface area contributed by atoms with E-state index in [2.05, 4.69) is 11.9 Å². The van der Waals surface area contributed by atoms with E-state index in [4.69, 9.17) is 21.2 Å². The Morgan fingerprint density at radius 1 is 1.13 bits per heavy atom. The number of amidine groups is 1. The first-order valence-corrected chi connectivity index (χ1v) is 13.0. The van der Waals surface area contributed by atoms with Gasteiger partial charge in [0.2, 0.25) is 0 Å². The van der Waals surface area contributed by atoms with E-state index >= 15 is 0 Å². The fourth-order valence-electron chi connectivity index (χ4n) is 6.91. The Kier molecular flexibility index (Phi) is 6.82. The molecule has 0 saturated carbocycles. The quantitative estimate of drug-likeness (QED) is 0.496. The van der Waals surface area contributed by atoms with Gasteiger partial charge in [0.15, 0.2) is 5.96 Å². The maximum atomic E-state index is 13.4. The highest BCUT2D eigenvalue weighted by Gasteiger charge is 2.69. The van der Waals surface area contributed by atoms with Crippen LogP contribution in [0.15, 0.2) is 64.6 Å². The molecule has 0 amide bonds. The smallest absolute Gasteiger partial charge is 0.416 e. The molecule has 5 rings (SSSR count). The van der Waals surface area contributed by atoms with E-state index in [0.717, 1.165) is 36.2 Å². The van der Waals surface area contributed by atoms with Crippen molar-refractivity contribution in [3.05, 3.63) is 71.3 Å². The van der Waals surface area contributed by atoms with Crippen molar-refractivity contribution in [2.75, 3.05) is 6.61 Å². The van der Waals surface area contributed by atoms with Crippen molar-refractivity contribution in [3.8, 4) is 0 Å². The average molecular weight is 544 g/mol. The van der Waals surface area contributed by atoms with Gasteiger partial charge in [-0.15, -0.1) is 0 Å². The number of carbonyl (C=O) groups excluding carboxylic acids is 1. The fraction of sp³-hybridized carbons (Fsp3) is 0.464. The second-order valence-electron chi connectivity index (χ2n) is 10.5. The van der Waals surface area contributed by atoms with Crippen LogP contribution in [0.1, 0.15) is 54.2 Å². The summed E-state index contributed by atoms with van der Waals surface area (Å²) >= 11 is 0. The minimum Gasteiger partial charge on any atom is -0.456 e. The van der Waals surface area contributed by atoms with Crippen molar-refractivity contribution < 1.29 is 27.8 Å². The van der Waals surface area contributed by atoms with Crippen LogP contribution in [0.4, 0.5) is 13.2 Å². The second-order valence-corrected chi connectivity index (χ2v) is 10.5. The number of hydrogen-bond acceptors (Lipinski definition) is 8. The van der Waals surface area contributed by atoms with Crippen molar-refractivity contribution in [1.29, 1.82) is 0 Å². The molecule has 5 N–H and O–H groups in total. The van der Waals surface area contributed by atoms with E-state index in [9.17, 15) is 23.1 Å². The van der Waals surface area contributed by atoms with Crippen LogP contribution < -0.4 is 11.5 Å². The van der Waals surface area contributed by atoms with Crippen molar-refractivity contribution in [2.45, 2.75) is 62.6 Å². The number of nitrogens with zero attached hydrogens (tertiary/aromatic N) is 3. The average Bonchev–Trinajstić information content (AvgIpc) is 3.17. The molecule has 3 aliphatic heterocycles. The van der Waals surface area contributed by atoms with Gasteiger partial charge in [0.1, 0.15) is 18.2 Å². The van der Waals surface area contributed by atoms with Crippen LogP contribution in [0.2, 0.25) is 0 Å². The lowest BCUT2D eigenvalue weighted by Gasteiger charge is -2.56. The second kappa shape index (κ2) is 9.86. The minimum absolute atomic E-state index is 0.00811. The molecule has 2 aromatic carbocycles. The largest absolute Gasteiger partial charge is 0.456 e. The molecule has 8 nitrogen and oxygen atoms in total. The van der Waals surface area contributed by atoms with Crippen LogP contribution in [0.3, 0.4) is 0 Å². The molecule has 11 heteroatoms. The molecule has 208 valence electrons. The molecule has 0 aliphatic carbocycles. The molecular weight excluding hydrogens is 511 g/mol. The lowest BCUT2D eigenvalue weighted by molar-refractivity contribution is -0.137. The zero-order valence-corrected chi connectivity index (χ0v) is 21.7. The predicted octanol–water partition coefficient (Wildman–Crippen LogP) is 3.51. The number of guanidine groups is 1. The lowest BCUT2D eigenvalue weighted by atomic mass is 9.63. The van der Waals surface area contributed by atoms with Gasteiger partial charge in [-0.05, 0) is 35.7 Å². The van der Waals surface area contributed by atoms with Crippen LogP contribution in [0.25, 0.3) is 0 Å². The number of ether oxygens (including phenoxy) is 1. The van der Waals surface area contributed by atoms with Crippen LogP contribution >= 0.6 is 0 Å². The highest BCUT2D eigenvalue weighted by molar-refractivity contribution is 5.90. The van der Waals surface area contributed by atoms with Gasteiger partial charge in [0, 0.05) is 12.3 Å². The van der Waals surface area contributed by atoms with Crippen molar-refractivity contribution in [3.63, 3.8) is 0 Å². The molecule has 3 heterocycles. The number of hydrogen-bond donors (Lipinski definition) is 3. The normalized spacial score (nSPS) is 32.1. The molecule has 39 heavy (non-hydrogen) atoms. The summed E-state index contributed by atoms with van der Waals surface area (Å²) in [6.07, 6.45) is -4.05. The standard InChI is InChI=1S/C28H32F3N5O3/c1-3-18-13-21(32)35-24-20(14-37)34-26(33)36-22(16-7-5-4-6-8-16)23(15(2)27(18,24)36)39-25(38)17-9-11-19(12-10-17)28(29,30)31/h4-12,15,18,20,22-24,37H,3,13-14H2,1-2H3,(H2,32,35)(H2,33,34). The van der Waals surface area contributed by atoms with Crippen LogP contribution in [-0.4, -0.2) is 58.1 Å². The topological polar surface area (TPSA) is 127 Å². The highest BCUT2D eigenvalue weighted by atomic mass is 19.4. The number of alkyl halides is 3. The molecule has 0 radical (unpaired) electrons. The van der Waals surface area contributed by atoms with E-state index in [1.807, 2.05) is 42.2 Å². The van der Waals surface area contributed by atoms with Crippen LogP contribution in [-0.2, 0) is 10.9 Å². The summed E-state index contributed by atoms with van der Waals surface area (Å²) in [5.74, 6) is -0.445. The third kappa shape index (κ3) is 4.23. The van der Waals surface area contributed by atoms with Crippen molar-refractivity contribution in [2.24, 2.45) is 33.3 Å². The molecule has 1 spiro atoms. The minimum atomic E-state index is -4.52. The number of halogens is 3. The number of aliphatic imine (C=N–C) groups is 2. The first-order chi connectivity index (χ1) is 18.5. The summed E-state index contributed by atoms with van der Waals surface area (Å²) in [6.45, 7) is 3.74. The van der Waals surface area contributed by atoms with Gasteiger partial charge < -0.3 is 26.2 Å². The van der Waals surface area contributed by atoms with Crippen molar-refractivity contribution in [1.82, 2.24) is 4.90 Å². The number of carbonyl (C=O) groups is 1. The molecule has 3 aliphatic rings. The predicted molar refractivity (Wildman–Crippen MR) is 140 cm³/mol. The summed E-state index contributed by atoms with van der Waals surface area (Å²) in [4.78, 5) is 24.8. The van der Waals surface area contributed by atoms with Crippen molar-refractivity contribution >= 4 is 17.8 Å². The maximum Gasteiger partial charge on any atom is 0.416 e. The molecular formula is C28H32F3N5O3. The van der Waals surface area contributed by atoms with E-state index in [1.165, 1.54) is 0 Å². The maximum absolute atomic E-state index is 13.4. The fourth-order valence-corrected chi connectivity index (χ4v) is 6.91. The Bertz CT molecular complexity index is 1280. The summed E-state index contributed by atoms with van der Waals surface area (Å²) in [5, 5.41) is 10.3. The van der Waals surface area contributed by atoms with E-state index < -0.39 is 47.5 Å². The molecule has 7 atom stereocenters. The summed E-state index contributed by atoms with van der Waals surface area (Å²) in [6, 6.07) is 11.7. The summed E-state index contributed by atoms with van der Waals surface area (Å²) < 4.78 is 45.4. The van der Waals surface area contributed by atoms with Gasteiger partial charge >= 0.3 is 12.1 Å². The zero-order chi connectivity index (χ0) is 28.1. The third-order valence-corrected chi connectivity index (χ3v) is 8.54. The first kappa shape index (κ1) is 27.0. The number of aliphatic hydroxyl groups is 1. The molecule has 1 saturated heterocycles. The molecule has 0 bridgehead atoms. The molecule has 0 aromatic heterocycles. The van der Waals surface area contributed by atoms with E-state index in [1.54, 1.807) is 0 Å². The number of aliphatic hydroxyl groups excluding tert-OH is 1. The first-order valence-electron chi connectivity index (χ1n) is 13.0. The Morgan fingerprint density at radius 3 is 2.38 bits per heavy atom. The molecule has 7 unspecified atom stereocenters. The third-order valence-electron chi connectivity index (χ3n) is 8.54. The van der Waals surface area contributed by atoms with Crippen LogP contribution in [0.5, 0.6) is 0 Å². The van der Waals surface area contributed by atoms with Crippen LogP contribution in [0, 0.1) is 11.8 Å². The van der Waals surface area contributed by atoms with Gasteiger partial charge in [-0.25, -0.2) is 9.79 Å².